The maximum absolute atomic E-state index is 12.8. The first-order valence-electron chi connectivity index (χ1n) is 8.04. The highest BCUT2D eigenvalue weighted by molar-refractivity contribution is 7.71. The van der Waals surface area contributed by atoms with Gasteiger partial charge >= 0.3 is 0 Å². The van der Waals surface area contributed by atoms with Gasteiger partial charge in [-0.2, -0.15) is 5.10 Å². The lowest BCUT2D eigenvalue weighted by molar-refractivity contribution is -0.132. The first-order valence-corrected chi connectivity index (χ1v) is 8.45. The molecular weight excluding hydrogens is 310 g/mol. The zero-order valence-electron chi connectivity index (χ0n) is 13.2. The molecule has 23 heavy (non-hydrogen) atoms. The number of hydrogen-bond acceptors (Lipinski definition) is 4. The van der Waals surface area contributed by atoms with Gasteiger partial charge in [-0.25, -0.2) is 0 Å². The molecule has 2 aromatic rings. The molecule has 3 heterocycles. The number of nitrogens with one attached hydrogen (secondary N) is 1. The molecule has 1 saturated heterocycles. The summed E-state index contributed by atoms with van der Waals surface area (Å²) in [6.45, 7) is 3.14. The zero-order valence-corrected chi connectivity index (χ0v) is 14.1. The van der Waals surface area contributed by atoms with Gasteiger partial charge in [-0.3, -0.25) is 19.4 Å². The van der Waals surface area contributed by atoms with Crippen LogP contribution in [-0.2, 0) is 17.8 Å². The van der Waals surface area contributed by atoms with E-state index >= 15 is 0 Å². The van der Waals surface area contributed by atoms with Gasteiger partial charge in [-0.1, -0.05) is 6.92 Å². The van der Waals surface area contributed by atoms with Gasteiger partial charge in [-0.05, 0) is 49.2 Å². The molecule has 0 bridgehead atoms. The molecule has 0 saturated carbocycles. The van der Waals surface area contributed by atoms with Crippen LogP contribution in [-0.4, -0.2) is 37.1 Å². The number of carbonyl (C=O) groups is 1. The second-order valence-corrected chi connectivity index (χ2v) is 6.19. The topological polar surface area (TPSA) is 66.8 Å². The summed E-state index contributed by atoms with van der Waals surface area (Å²) in [7, 11) is 0. The summed E-state index contributed by atoms with van der Waals surface area (Å²) >= 11 is 5.27. The normalized spacial score (nSPS) is 17.6. The molecule has 1 aliphatic heterocycles. The summed E-state index contributed by atoms with van der Waals surface area (Å²) in [5.74, 6) is 0.949. The maximum Gasteiger partial charge on any atom is 0.243 e. The van der Waals surface area contributed by atoms with Gasteiger partial charge in [0.1, 0.15) is 12.4 Å². The molecule has 1 aliphatic rings. The SMILES string of the molecule is CCCc1n[nH]c(=S)n1CC(=O)N1CCCC1c1ccncc1. The van der Waals surface area contributed by atoms with Crippen molar-refractivity contribution < 1.29 is 4.79 Å². The largest absolute Gasteiger partial charge is 0.334 e. The standard InChI is InChI=1S/C16H21N5OS/c1-2-4-14-18-19-16(23)21(14)11-15(22)20-10-3-5-13(20)12-6-8-17-9-7-12/h6-9,13H,2-5,10-11H2,1H3,(H,19,23). The van der Waals surface area contributed by atoms with Gasteiger partial charge < -0.3 is 4.90 Å². The van der Waals surface area contributed by atoms with Gasteiger partial charge in [0.05, 0.1) is 6.04 Å². The molecule has 1 N–H and O–H groups in total. The third-order valence-corrected chi connectivity index (χ3v) is 4.58. The van der Waals surface area contributed by atoms with Gasteiger partial charge in [0.2, 0.25) is 5.91 Å². The van der Waals surface area contributed by atoms with Crippen LogP contribution in [0.4, 0.5) is 0 Å². The predicted molar refractivity (Wildman–Crippen MR) is 89.3 cm³/mol. The fraction of sp³-hybridized carbons (Fsp3) is 0.500. The van der Waals surface area contributed by atoms with Crippen LogP contribution in [0.15, 0.2) is 24.5 Å². The van der Waals surface area contributed by atoms with Crippen LogP contribution in [0.3, 0.4) is 0 Å². The lowest BCUT2D eigenvalue weighted by Gasteiger charge is -2.25. The van der Waals surface area contributed by atoms with Crippen molar-refractivity contribution in [2.24, 2.45) is 0 Å². The van der Waals surface area contributed by atoms with Crippen molar-refractivity contribution in [3.63, 3.8) is 0 Å². The van der Waals surface area contributed by atoms with Gasteiger partial charge in [0, 0.05) is 25.4 Å². The minimum atomic E-state index is 0.0964. The third kappa shape index (κ3) is 3.34. The molecule has 122 valence electrons. The monoisotopic (exact) mass is 331 g/mol. The Balaban J connectivity index is 1.78. The molecule has 0 aromatic carbocycles. The van der Waals surface area contributed by atoms with Crippen molar-refractivity contribution in [2.75, 3.05) is 6.54 Å². The molecule has 1 atom stereocenters. The fourth-order valence-corrected chi connectivity index (χ4v) is 3.37. The number of amides is 1. The maximum atomic E-state index is 12.8. The summed E-state index contributed by atoms with van der Waals surface area (Å²) in [4.78, 5) is 18.8. The highest BCUT2D eigenvalue weighted by atomic mass is 32.1. The smallest absolute Gasteiger partial charge is 0.243 e. The van der Waals surface area contributed by atoms with E-state index in [4.69, 9.17) is 12.2 Å². The lowest BCUT2D eigenvalue weighted by atomic mass is 10.1. The second kappa shape index (κ2) is 7.04. The molecule has 2 aromatic heterocycles. The Morgan fingerprint density at radius 2 is 2.22 bits per heavy atom. The van der Waals surface area contributed by atoms with Gasteiger partial charge in [-0.15, -0.1) is 0 Å². The molecule has 0 radical (unpaired) electrons. The summed E-state index contributed by atoms with van der Waals surface area (Å²) in [6, 6.07) is 4.12. The molecule has 1 amide bonds. The summed E-state index contributed by atoms with van der Waals surface area (Å²) in [5, 5.41) is 7.03. The van der Waals surface area contributed by atoms with Crippen molar-refractivity contribution in [1.29, 1.82) is 0 Å². The van der Waals surface area contributed by atoms with Crippen LogP contribution in [0.2, 0.25) is 0 Å². The molecule has 7 heteroatoms. The number of likely N-dealkylation sites (tertiary alicyclic amines) is 1. The second-order valence-electron chi connectivity index (χ2n) is 5.81. The number of rotatable bonds is 5. The van der Waals surface area contributed by atoms with Crippen molar-refractivity contribution >= 4 is 18.1 Å². The van der Waals surface area contributed by atoms with Crippen molar-refractivity contribution in [1.82, 2.24) is 24.6 Å². The van der Waals surface area contributed by atoms with Crippen molar-refractivity contribution in [3.05, 3.63) is 40.7 Å². The highest BCUT2D eigenvalue weighted by Crippen LogP contribution is 2.31. The highest BCUT2D eigenvalue weighted by Gasteiger charge is 2.30. The lowest BCUT2D eigenvalue weighted by Crippen LogP contribution is -2.33. The zero-order chi connectivity index (χ0) is 16.2. The average Bonchev–Trinajstić information content (AvgIpc) is 3.18. The third-order valence-electron chi connectivity index (χ3n) is 4.27. The van der Waals surface area contributed by atoms with E-state index < -0.39 is 0 Å². The van der Waals surface area contributed by atoms with E-state index in [1.807, 2.05) is 21.6 Å². The van der Waals surface area contributed by atoms with Gasteiger partial charge in [0.25, 0.3) is 0 Å². The minimum absolute atomic E-state index is 0.0964. The van der Waals surface area contributed by atoms with E-state index in [2.05, 4.69) is 22.1 Å². The molecule has 0 spiro atoms. The number of pyridine rings is 1. The number of aryl methyl sites for hydroxylation is 1. The molecule has 1 unspecified atom stereocenters. The summed E-state index contributed by atoms with van der Waals surface area (Å²) in [6.07, 6.45) is 7.36. The quantitative estimate of drug-likeness (QED) is 0.855. The molecule has 0 aliphatic carbocycles. The number of H-pyrrole nitrogens is 1. The van der Waals surface area contributed by atoms with Crippen LogP contribution in [0.25, 0.3) is 0 Å². The Morgan fingerprint density at radius 1 is 1.43 bits per heavy atom. The summed E-state index contributed by atoms with van der Waals surface area (Å²) in [5.41, 5.74) is 1.15. The van der Waals surface area contributed by atoms with E-state index in [1.54, 1.807) is 12.4 Å². The Hall–Kier alpha value is -2.02. The predicted octanol–water partition coefficient (Wildman–Crippen LogP) is 2.65. The molecule has 3 rings (SSSR count). The van der Waals surface area contributed by atoms with E-state index in [9.17, 15) is 4.79 Å². The van der Waals surface area contributed by atoms with Crippen LogP contribution < -0.4 is 0 Å². The Morgan fingerprint density at radius 3 is 2.96 bits per heavy atom. The van der Waals surface area contributed by atoms with Crippen LogP contribution in [0.5, 0.6) is 0 Å². The Bertz CT molecular complexity index is 724. The van der Waals surface area contributed by atoms with E-state index in [0.29, 0.717) is 4.77 Å². The Labute approximate surface area is 140 Å². The van der Waals surface area contributed by atoms with Gasteiger partial charge in [0.15, 0.2) is 4.77 Å². The van der Waals surface area contributed by atoms with E-state index in [0.717, 1.165) is 43.6 Å². The van der Waals surface area contributed by atoms with Crippen LogP contribution >= 0.6 is 12.2 Å². The van der Waals surface area contributed by atoms with Crippen molar-refractivity contribution in [2.45, 2.75) is 45.2 Å². The number of aromatic amines is 1. The first-order chi connectivity index (χ1) is 11.2. The Kier molecular flexibility index (Phi) is 4.85. The van der Waals surface area contributed by atoms with Crippen LogP contribution in [0, 0.1) is 4.77 Å². The number of nitrogens with zero attached hydrogens (tertiary/aromatic N) is 4. The van der Waals surface area contributed by atoms with E-state index in [1.165, 1.54) is 0 Å². The minimum Gasteiger partial charge on any atom is -0.334 e. The fourth-order valence-electron chi connectivity index (χ4n) is 3.15. The number of hydrogen-bond donors (Lipinski definition) is 1. The summed E-state index contributed by atoms with van der Waals surface area (Å²) < 4.78 is 2.34. The molecule has 1 fully saturated rings. The van der Waals surface area contributed by atoms with E-state index in [-0.39, 0.29) is 18.5 Å². The average molecular weight is 331 g/mol. The number of carbonyl (C=O) groups excluding carboxylic acids is 1. The molecule has 6 nitrogen and oxygen atoms in total. The van der Waals surface area contributed by atoms with Crippen LogP contribution in [0.1, 0.15) is 43.6 Å². The number of aromatic nitrogens is 4. The van der Waals surface area contributed by atoms with Crippen molar-refractivity contribution in [3.8, 4) is 0 Å². The molecular formula is C16H21N5OS. The first kappa shape index (κ1) is 15.9.